The van der Waals surface area contributed by atoms with Crippen molar-refractivity contribution in [1.29, 1.82) is 0 Å². The highest BCUT2D eigenvalue weighted by Gasteiger charge is 2.71. The first-order valence-electron chi connectivity index (χ1n) is 14.7. The zero-order valence-electron chi connectivity index (χ0n) is 22.5. The van der Waals surface area contributed by atoms with Gasteiger partial charge in [0.15, 0.2) is 0 Å². The number of fused-ring (bicyclic) bond motifs is 5. The van der Waals surface area contributed by atoms with Crippen LogP contribution in [0.15, 0.2) is 11.6 Å². The van der Waals surface area contributed by atoms with Gasteiger partial charge in [-0.05, 0) is 99.6 Å². The maximum atomic E-state index is 12.7. The maximum absolute atomic E-state index is 12.7. The number of rotatable bonds is 3. The summed E-state index contributed by atoms with van der Waals surface area (Å²) < 4.78 is 11.2. The molecule has 2 heterocycles. The van der Waals surface area contributed by atoms with Crippen LogP contribution in [-0.4, -0.2) is 59.4 Å². The maximum Gasteiger partial charge on any atom is 0.331 e. The summed E-state index contributed by atoms with van der Waals surface area (Å²) in [5, 5.41) is 12.7. The van der Waals surface area contributed by atoms with E-state index < -0.39 is 17.1 Å². The number of carbonyl (C=O) groups is 2. The first kappa shape index (κ1) is 24.9. The second-order valence-electron chi connectivity index (χ2n) is 13.6. The van der Waals surface area contributed by atoms with Crippen molar-refractivity contribution in [2.45, 2.75) is 109 Å². The molecule has 6 nitrogen and oxygen atoms in total. The lowest BCUT2D eigenvalue weighted by atomic mass is 9.43. The lowest BCUT2D eigenvalue weighted by Crippen LogP contribution is -2.62. The third-order valence-electron chi connectivity index (χ3n) is 12.1. The van der Waals surface area contributed by atoms with Gasteiger partial charge in [0.2, 0.25) is 0 Å². The number of esters is 2. The van der Waals surface area contributed by atoms with Crippen molar-refractivity contribution in [2.24, 2.45) is 34.5 Å². The molecule has 2 aliphatic heterocycles. The fourth-order valence-electron chi connectivity index (χ4n) is 10.4. The zero-order valence-corrected chi connectivity index (χ0v) is 22.5. The van der Waals surface area contributed by atoms with Crippen molar-refractivity contribution in [2.75, 3.05) is 19.7 Å². The largest absolute Gasteiger partial charge is 0.462 e. The Balaban J connectivity index is 1.28. The van der Waals surface area contributed by atoms with Crippen LogP contribution in [-0.2, 0) is 19.1 Å². The van der Waals surface area contributed by atoms with E-state index in [-0.39, 0.29) is 35.8 Å². The third-order valence-corrected chi connectivity index (χ3v) is 12.1. The molecule has 0 amide bonds. The molecule has 200 valence electrons. The molecule has 4 saturated carbocycles. The van der Waals surface area contributed by atoms with E-state index in [4.69, 9.17) is 9.47 Å². The summed E-state index contributed by atoms with van der Waals surface area (Å²) in [5.74, 6) is 0.647. The number of nitrogens with zero attached hydrogens (tertiary/aromatic N) is 1. The predicted molar refractivity (Wildman–Crippen MR) is 136 cm³/mol. The molecule has 0 radical (unpaired) electrons. The minimum Gasteiger partial charge on any atom is -0.462 e. The molecule has 0 bridgehead atoms. The van der Waals surface area contributed by atoms with Gasteiger partial charge in [0.05, 0.1) is 5.60 Å². The van der Waals surface area contributed by atoms with Gasteiger partial charge in [-0.2, -0.15) is 0 Å². The standard InChI is InChI=1S/C30H45NO5/c1-19(32)36-25-17-30(34)24-8-7-21-16-22(31-13-5-4-6-14-31)9-11-28(21,2)23(24)10-12-29(30,3)27(25)20-15-26(33)35-18-20/h15,21-25,27,34H,4-14,16-18H2,1-3H3/t21-,22+,23+,24-,25+,27+,28+,29-,30+/m1/s1. The molecule has 5 fully saturated rings. The zero-order chi connectivity index (χ0) is 25.3. The highest BCUT2D eigenvalue weighted by atomic mass is 16.5. The Hall–Kier alpha value is -1.40. The molecule has 1 N–H and O–H groups in total. The van der Waals surface area contributed by atoms with Crippen LogP contribution in [0.2, 0.25) is 0 Å². The van der Waals surface area contributed by atoms with E-state index >= 15 is 0 Å². The van der Waals surface area contributed by atoms with Crippen molar-refractivity contribution in [3.63, 3.8) is 0 Å². The number of carbonyl (C=O) groups excluding carboxylic acids is 2. The van der Waals surface area contributed by atoms with Crippen LogP contribution in [0.3, 0.4) is 0 Å². The van der Waals surface area contributed by atoms with Gasteiger partial charge in [-0.25, -0.2) is 4.79 Å². The molecule has 6 rings (SSSR count). The lowest BCUT2D eigenvalue weighted by Gasteiger charge is -2.64. The van der Waals surface area contributed by atoms with E-state index in [2.05, 4.69) is 18.7 Å². The number of cyclic esters (lactones) is 1. The number of ether oxygens (including phenoxy) is 2. The summed E-state index contributed by atoms with van der Waals surface area (Å²) in [6, 6.07) is 0.743. The van der Waals surface area contributed by atoms with E-state index in [9.17, 15) is 14.7 Å². The van der Waals surface area contributed by atoms with Crippen molar-refractivity contribution in [3.05, 3.63) is 11.6 Å². The first-order chi connectivity index (χ1) is 17.2. The molecule has 0 spiro atoms. The van der Waals surface area contributed by atoms with Crippen LogP contribution in [0.25, 0.3) is 0 Å². The van der Waals surface area contributed by atoms with Gasteiger partial charge in [0.25, 0.3) is 0 Å². The summed E-state index contributed by atoms with van der Waals surface area (Å²) in [6.45, 7) is 8.99. The highest BCUT2D eigenvalue weighted by molar-refractivity contribution is 5.85. The van der Waals surface area contributed by atoms with Crippen LogP contribution >= 0.6 is 0 Å². The topological polar surface area (TPSA) is 76.1 Å². The Morgan fingerprint density at radius 3 is 2.56 bits per heavy atom. The fourth-order valence-corrected chi connectivity index (χ4v) is 10.4. The van der Waals surface area contributed by atoms with E-state index in [1.165, 1.54) is 65.0 Å². The van der Waals surface area contributed by atoms with Gasteiger partial charge in [-0.15, -0.1) is 0 Å². The van der Waals surface area contributed by atoms with Gasteiger partial charge in [0.1, 0.15) is 12.7 Å². The van der Waals surface area contributed by atoms with Crippen LogP contribution < -0.4 is 0 Å². The van der Waals surface area contributed by atoms with Crippen LogP contribution in [0.4, 0.5) is 0 Å². The highest BCUT2D eigenvalue weighted by Crippen LogP contribution is 2.70. The number of piperidine rings is 1. The monoisotopic (exact) mass is 499 g/mol. The van der Waals surface area contributed by atoms with Crippen LogP contribution in [0, 0.1) is 34.5 Å². The normalized spacial score (nSPS) is 48.9. The molecule has 0 aromatic rings. The quantitative estimate of drug-likeness (QED) is 0.570. The Bertz CT molecular complexity index is 942. The molecular weight excluding hydrogens is 454 g/mol. The Labute approximate surface area is 216 Å². The molecule has 9 atom stereocenters. The number of likely N-dealkylation sites (tertiary alicyclic amines) is 1. The molecule has 1 saturated heterocycles. The van der Waals surface area contributed by atoms with Gasteiger partial charge < -0.3 is 19.5 Å². The Kier molecular flexibility index (Phi) is 6.11. The molecule has 6 aliphatic rings. The smallest absolute Gasteiger partial charge is 0.331 e. The number of aliphatic hydroxyl groups is 1. The second-order valence-corrected chi connectivity index (χ2v) is 13.6. The molecule has 36 heavy (non-hydrogen) atoms. The van der Waals surface area contributed by atoms with Gasteiger partial charge in [0, 0.05) is 36.8 Å². The molecule has 4 aliphatic carbocycles. The van der Waals surface area contributed by atoms with Gasteiger partial charge in [-0.3, -0.25) is 4.79 Å². The Morgan fingerprint density at radius 1 is 1.08 bits per heavy atom. The summed E-state index contributed by atoms with van der Waals surface area (Å²) >= 11 is 0. The average molecular weight is 500 g/mol. The second kappa shape index (κ2) is 8.83. The summed E-state index contributed by atoms with van der Waals surface area (Å²) in [5.41, 5.74) is -0.162. The molecule has 0 unspecified atom stereocenters. The molecule has 6 heteroatoms. The average Bonchev–Trinajstić information content (AvgIpc) is 3.36. The number of hydrogen-bond acceptors (Lipinski definition) is 6. The first-order valence-corrected chi connectivity index (χ1v) is 14.7. The minimum atomic E-state index is -0.898. The van der Waals surface area contributed by atoms with E-state index in [1.54, 1.807) is 6.08 Å². The summed E-state index contributed by atoms with van der Waals surface area (Å²) in [7, 11) is 0. The van der Waals surface area contributed by atoms with Gasteiger partial charge in [-0.1, -0.05) is 20.3 Å². The van der Waals surface area contributed by atoms with Crippen LogP contribution in [0.5, 0.6) is 0 Å². The van der Waals surface area contributed by atoms with Crippen LogP contribution in [0.1, 0.15) is 91.4 Å². The van der Waals surface area contributed by atoms with Crippen molar-refractivity contribution >= 4 is 11.9 Å². The van der Waals surface area contributed by atoms with Crippen molar-refractivity contribution in [1.82, 2.24) is 4.90 Å². The molecule has 0 aromatic heterocycles. The Morgan fingerprint density at radius 2 is 1.86 bits per heavy atom. The predicted octanol–water partition coefficient (Wildman–Crippen LogP) is 4.64. The SMILES string of the molecule is CC(=O)O[C@H]1C[C@]2(O)[C@@H]3CC[C@@H]4C[C@@H](N5CCCCC5)CC[C@]4(C)[C@H]3CC[C@]2(C)[C@H]1C1=CC(=O)OC1. The van der Waals surface area contributed by atoms with Crippen molar-refractivity contribution < 1.29 is 24.2 Å². The van der Waals surface area contributed by atoms with Gasteiger partial charge >= 0.3 is 11.9 Å². The third kappa shape index (κ3) is 3.64. The summed E-state index contributed by atoms with van der Waals surface area (Å²) in [4.78, 5) is 26.9. The van der Waals surface area contributed by atoms with E-state index in [0.29, 0.717) is 12.3 Å². The minimum absolute atomic E-state index is 0.167. The lowest BCUT2D eigenvalue weighted by molar-refractivity contribution is -0.206. The molecular formula is C30H45NO5. The molecule has 0 aromatic carbocycles. The number of hydrogen-bond donors (Lipinski definition) is 1. The van der Waals surface area contributed by atoms with Crippen molar-refractivity contribution in [3.8, 4) is 0 Å². The summed E-state index contributed by atoms with van der Waals surface area (Å²) in [6.07, 6.45) is 13.9. The fraction of sp³-hybridized carbons (Fsp3) is 0.867. The van der Waals surface area contributed by atoms with E-state index in [1.807, 2.05) is 0 Å². The van der Waals surface area contributed by atoms with E-state index in [0.717, 1.165) is 36.8 Å².